The van der Waals surface area contributed by atoms with E-state index in [-0.39, 0.29) is 0 Å². The number of hydrogen-bond acceptors (Lipinski definition) is 0. The van der Waals surface area contributed by atoms with E-state index in [0.717, 1.165) is 11.3 Å². The number of halogens is 1. The van der Waals surface area contributed by atoms with Crippen molar-refractivity contribution in [2.45, 2.75) is 38.5 Å². The number of alkyl halides is 1. The molecule has 0 saturated heterocycles. The Morgan fingerprint density at radius 1 is 1.30 bits per heavy atom. The molecular weight excluding hydrogens is 188 g/mol. The smallest absolute Gasteiger partial charge is 0.00341 e. The lowest BCUT2D eigenvalue weighted by Gasteiger charge is -2.16. The van der Waals surface area contributed by atoms with Gasteiger partial charge in [0.05, 0.1) is 0 Å². The maximum absolute atomic E-state index is 3.54. The second-order valence-corrected chi connectivity index (χ2v) is 4.72. The molecule has 2 fully saturated rings. The topological polar surface area (TPSA) is 0 Å². The highest BCUT2D eigenvalue weighted by atomic mass is 79.9. The van der Waals surface area contributed by atoms with Crippen molar-refractivity contribution in [1.82, 2.24) is 0 Å². The monoisotopic (exact) mass is 202 g/mol. The zero-order valence-electron chi connectivity index (χ0n) is 6.41. The average molecular weight is 203 g/mol. The Morgan fingerprint density at radius 2 is 2.10 bits per heavy atom. The molecule has 2 saturated carbocycles. The summed E-state index contributed by atoms with van der Waals surface area (Å²) in [4.78, 5) is 0. The summed E-state index contributed by atoms with van der Waals surface area (Å²) in [5, 5.41) is 1.22. The van der Waals surface area contributed by atoms with Gasteiger partial charge in [0.25, 0.3) is 0 Å². The Balaban J connectivity index is 1.94. The van der Waals surface area contributed by atoms with Crippen molar-refractivity contribution in [3.63, 3.8) is 0 Å². The third kappa shape index (κ3) is 1.03. The van der Waals surface area contributed by atoms with Crippen LogP contribution in [0.3, 0.4) is 0 Å². The van der Waals surface area contributed by atoms with Gasteiger partial charge in [-0.2, -0.15) is 0 Å². The van der Waals surface area contributed by atoms with Gasteiger partial charge in [-0.15, -0.1) is 0 Å². The molecule has 0 bridgehead atoms. The van der Waals surface area contributed by atoms with Gasteiger partial charge in [0.1, 0.15) is 0 Å². The van der Waals surface area contributed by atoms with Gasteiger partial charge in [-0.25, -0.2) is 0 Å². The summed E-state index contributed by atoms with van der Waals surface area (Å²) in [6.45, 7) is 0. The van der Waals surface area contributed by atoms with Crippen LogP contribution in [0.5, 0.6) is 0 Å². The molecule has 1 heteroatoms. The van der Waals surface area contributed by atoms with E-state index in [9.17, 15) is 0 Å². The van der Waals surface area contributed by atoms with E-state index >= 15 is 0 Å². The molecule has 0 aromatic heterocycles. The van der Waals surface area contributed by atoms with Crippen LogP contribution in [0.2, 0.25) is 0 Å². The van der Waals surface area contributed by atoms with Crippen LogP contribution in [-0.4, -0.2) is 5.33 Å². The van der Waals surface area contributed by atoms with Crippen LogP contribution in [0, 0.1) is 11.3 Å². The molecule has 0 aliphatic heterocycles. The summed E-state index contributed by atoms with van der Waals surface area (Å²) >= 11 is 3.54. The first kappa shape index (κ1) is 7.15. The van der Waals surface area contributed by atoms with Gasteiger partial charge in [0.15, 0.2) is 0 Å². The van der Waals surface area contributed by atoms with Crippen LogP contribution in [0.25, 0.3) is 0 Å². The Kier molecular flexibility index (Phi) is 1.79. The molecule has 0 nitrogen and oxygen atoms in total. The fourth-order valence-corrected chi connectivity index (χ4v) is 3.16. The number of rotatable bonds is 2. The maximum Gasteiger partial charge on any atom is 0.00341 e. The summed E-state index contributed by atoms with van der Waals surface area (Å²) in [5.41, 5.74) is 0.883. The minimum absolute atomic E-state index is 0.883. The van der Waals surface area contributed by atoms with Gasteiger partial charge in [-0.1, -0.05) is 22.4 Å². The van der Waals surface area contributed by atoms with Gasteiger partial charge in [-0.3, -0.25) is 0 Å². The highest BCUT2D eigenvalue weighted by molar-refractivity contribution is 9.09. The fraction of sp³-hybridized carbons (Fsp3) is 1.00. The Bertz CT molecular complexity index is 127. The second kappa shape index (κ2) is 2.51. The SMILES string of the molecule is BrCCC1CCCC12CC2. The molecule has 2 aliphatic rings. The molecule has 1 atom stereocenters. The molecule has 1 spiro atoms. The van der Waals surface area contributed by atoms with Crippen molar-refractivity contribution in [3.05, 3.63) is 0 Å². The highest BCUT2D eigenvalue weighted by Crippen LogP contribution is 2.62. The van der Waals surface area contributed by atoms with E-state index < -0.39 is 0 Å². The predicted molar refractivity (Wildman–Crippen MR) is 47.4 cm³/mol. The van der Waals surface area contributed by atoms with E-state index in [1.807, 2.05) is 0 Å². The third-order valence-electron chi connectivity index (χ3n) is 3.44. The second-order valence-electron chi connectivity index (χ2n) is 3.93. The molecule has 2 rings (SSSR count). The third-order valence-corrected chi connectivity index (χ3v) is 3.90. The molecule has 0 radical (unpaired) electrons. The van der Waals surface area contributed by atoms with Crippen molar-refractivity contribution >= 4 is 15.9 Å². The van der Waals surface area contributed by atoms with Crippen molar-refractivity contribution in [1.29, 1.82) is 0 Å². The quantitative estimate of drug-likeness (QED) is 0.603. The van der Waals surface area contributed by atoms with Crippen LogP contribution >= 0.6 is 15.9 Å². The van der Waals surface area contributed by atoms with Crippen molar-refractivity contribution in [2.24, 2.45) is 11.3 Å². The lowest BCUT2D eigenvalue weighted by atomic mass is 9.91. The zero-order valence-corrected chi connectivity index (χ0v) is 7.99. The van der Waals surface area contributed by atoms with Gasteiger partial charge in [0.2, 0.25) is 0 Å². The van der Waals surface area contributed by atoms with Gasteiger partial charge in [-0.05, 0) is 43.4 Å². The molecule has 0 aromatic rings. The van der Waals surface area contributed by atoms with E-state index in [0.29, 0.717) is 0 Å². The molecule has 2 aliphatic carbocycles. The molecule has 0 N–H and O–H groups in total. The Labute approximate surface area is 71.5 Å². The van der Waals surface area contributed by atoms with Crippen molar-refractivity contribution < 1.29 is 0 Å². The molecule has 58 valence electrons. The first-order valence-electron chi connectivity index (χ1n) is 4.43. The van der Waals surface area contributed by atoms with E-state index in [1.165, 1.54) is 24.6 Å². The minimum atomic E-state index is 0.883. The van der Waals surface area contributed by atoms with Gasteiger partial charge < -0.3 is 0 Å². The molecular formula is C9H15Br. The standard InChI is InChI=1S/C9H15Br/c10-7-3-8-2-1-4-9(8)5-6-9/h8H,1-7H2. The highest BCUT2D eigenvalue weighted by Gasteiger charge is 2.50. The first-order valence-corrected chi connectivity index (χ1v) is 5.55. The number of hydrogen-bond donors (Lipinski definition) is 0. The summed E-state index contributed by atoms with van der Waals surface area (Å²) in [5.74, 6) is 1.09. The fourth-order valence-electron chi connectivity index (χ4n) is 2.61. The normalized spacial score (nSPS) is 35.1. The van der Waals surface area contributed by atoms with E-state index in [2.05, 4.69) is 15.9 Å². The lowest BCUT2D eigenvalue weighted by Crippen LogP contribution is -2.08. The molecule has 1 unspecified atom stereocenters. The summed E-state index contributed by atoms with van der Waals surface area (Å²) in [7, 11) is 0. The van der Waals surface area contributed by atoms with Crippen LogP contribution in [0.4, 0.5) is 0 Å². The van der Waals surface area contributed by atoms with Crippen molar-refractivity contribution in [3.8, 4) is 0 Å². The van der Waals surface area contributed by atoms with E-state index in [1.54, 1.807) is 19.3 Å². The van der Waals surface area contributed by atoms with Crippen LogP contribution < -0.4 is 0 Å². The molecule has 0 amide bonds. The van der Waals surface area contributed by atoms with Gasteiger partial charge >= 0.3 is 0 Å². The Hall–Kier alpha value is 0.480. The predicted octanol–water partition coefficient (Wildman–Crippen LogP) is 3.35. The van der Waals surface area contributed by atoms with Crippen LogP contribution in [0.15, 0.2) is 0 Å². The lowest BCUT2D eigenvalue weighted by molar-refractivity contribution is 0.357. The minimum Gasteiger partial charge on any atom is -0.0928 e. The average Bonchev–Trinajstić information content (AvgIpc) is 2.57. The molecule has 10 heavy (non-hydrogen) atoms. The molecule has 0 heterocycles. The summed E-state index contributed by atoms with van der Waals surface area (Å²) in [6.07, 6.45) is 9.10. The summed E-state index contributed by atoms with van der Waals surface area (Å²) in [6, 6.07) is 0. The largest absolute Gasteiger partial charge is 0.0928 e. The van der Waals surface area contributed by atoms with E-state index in [4.69, 9.17) is 0 Å². The Morgan fingerprint density at radius 3 is 2.70 bits per heavy atom. The zero-order chi connectivity index (χ0) is 7.03. The first-order chi connectivity index (χ1) is 4.87. The van der Waals surface area contributed by atoms with Crippen LogP contribution in [-0.2, 0) is 0 Å². The maximum atomic E-state index is 3.54. The van der Waals surface area contributed by atoms with Crippen LogP contribution in [0.1, 0.15) is 38.5 Å². The summed E-state index contributed by atoms with van der Waals surface area (Å²) < 4.78 is 0. The molecule has 0 aromatic carbocycles. The van der Waals surface area contributed by atoms with Crippen molar-refractivity contribution in [2.75, 3.05) is 5.33 Å². The van der Waals surface area contributed by atoms with Gasteiger partial charge in [0, 0.05) is 5.33 Å².